The van der Waals surface area contributed by atoms with Crippen molar-refractivity contribution in [2.24, 2.45) is 17.3 Å². The summed E-state index contributed by atoms with van der Waals surface area (Å²) in [6, 6.07) is 9.01. The fourth-order valence-electron chi connectivity index (χ4n) is 5.27. The maximum atomic E-state index is 11.2. The maximum absolute atomic E-state index is 11.2. The minimum absolute atomic E-state index is 0.168. The van der Waals surface area contributed by atoms with Crippen LogP contribution in [-0.4, -0.2) is 46.8 Å². The number of piperidine rings is 2. The molecule has 1 amide bonds. The lowest BCUT2D eigenvalue weighted by molar-refractivity contribution is 0.0959. The molecule has 2 saturated heterocycles. The molecule has 6 nitrogen and oxygen atoms in total. The molecule has 2 unspecified atom stereocenters. The molecule has 1 aromatic carbocycles. The van der Waals surface area contributed by atoms with Crippen LogP contribution in [0.5, 0.6) is 0 Å². The molecule has 3 heterocycles. The van der Waals surface area contributed by atoms with Crippen LogP contribution in [0.15, 0.2) is 41.1 Å². The van der Waals surface area contributed by atoms with E-state index in [4.69, 9.17) is 4.42 Å². The number of rotatable bonds is 3. The number of anilines is 1. The minimum atomic E-state index is -0.774. The highest BCUT2D eigenvalue weighted by Crippen LogP contribution is 2.42. The fourth-order valence-corrected chi connectivity index (χ4v) is 5.27. The number of hydrogen-bond donors (Lipinski definition) is 1. The number of hydrogen-bond acceptors (Lipinski definition) is 4. The van der Waals surface area contributed by atoms with Gasteiger partial charge in [-0.05, 0) is 67.2 Å². The third-order valence-corrected chi connectivity index (χ3v) is 7.00. The molecule has 0 saturated carbocycles. The van der Waals surface area contributed by atoms with Crippen molar-refractivity contribution in [1.82, 2.24) is 9.88 Å². The van der Waals surface area contributed by atoms with Crippen molar-refractivity contribution in [2.45, 2.75) is 52.5 Å². The molecule has 30 heavy (non-hydrogen) atoms. The summed E-state index contributed by atoms with van der Waals surface area (Å²) in [5, 5.41) is 9.23. The molecule has 0 spiro atoms. The van der Waals surface area contributed by atoms with Gasteiger partial charge in [0.2, 0.25) is 5.89 Å². The Kier molecular flexibility index (Phi) is 5.76. The second kappa shape index (κ2) is 8.32. The molecule has 2 fully saturated rings. The SMILES string of the molecule is CC(C)(C)C1CC(C2CCN(C(=O)O)CC2)CCN1c1ccc(-c2ncco2)cc1. The fraction of sp³-hybridized carbons (Fsp3) is 0.583. The molecule has 2 aromatic rings. The number of carbonyl (C=O) groups is 1. The van der Waals surface area contributed by atoms with Gasteiger partial charge in [0.25, 0.3) is 0 Å². The molecule has 0 bridgehead atoms. The Labute approximate surface area is 178 Å². The summed E-state index contributed by atoms with van der Waals surface area (Å²) in [7, 11) is 0. The number of carboxylic acid groups (broad SMARTS) is 1. The van der Waals surface area contributed by atoms with Crippen LogP contribution in [0.4, 0.5) is 10.5 Å². The molecule has 2 aliphatic rings. The van der Waals surface area contributed by atoms with Gasteiger partial charge in [0.1, 0.15) is 6.26 Å². The average molecular weight is 412 g/mol. The summed E-state index contributed by atoms with van der Waals surface area (Å²) in [5.41, 5.74) is 2.42. The van der Waals surface area contributed by atoms with Crippen LogP contribution in [0.25, 0.3) is 11.5 Å². The number of amides is 1. The second-order valence-corrected chi connectivity index (χ2v) is 9.85. The van der Waals surface area contributed by atoms with Crippen LogP contribution in [0.2, 0.25) is 0 Å². The third kappa shape index (κ3) is 4.32. The van der Waals surface area contributed by atoms with Gasteiger partial charge >= 0.3 is 6.09 Å². The Balaban J connectivity index is 1.47. The maximum Gasteiger partial charge on any atom is 0.407 e. The summed E-state index contributed by atoms with van der Waals surface area (Å²) in [6.45, 7) is 9.42. The van der Waals surface area contributed by atoms with Crippen molar-refractivity contribution in [3.63, 3.8) is 0 Å². The van der Waals surface area contributed by atoms with Gasteiger partial charge in [-0.25, -0.2) is 9.78 Å². The van der Waals surface area contributed by atoms with Crippen LogP contribution >= 0.6 is 0 Å². The lowest BCUT2D eigenvalue weighted by Gasteiger charge is -2.49. The zero-order valence-corrected chi connectivity index (χ0v) is 18.3. The number of nitrogens with zero attached hydrogens (tertiary/aromatic N) is 3. The largest absolute Gasteiger partial charge is 0.465 e. The predicted octanol–water partition coefficient (Wildman–Crippen LogP) is 5.36. The summed E-state index contributed by atoms with van der Waals surface area (Å²) < 4.78 is 5.42. The molecule has 2 atom stereocenters. The van der Waals surface area contributed by atoms with Crippen molar-refractivity contribution in [3.8, 4) is 11.5 Å². The van der Waals surface area contributed by atoms with Gasteiger partial charge in [-0.3, -0.25) is 0 Å². The lowest BCUT2D eigenvalue weighted by Crippen LogP contribution is -2.51. The zero-order valence-electron chi connectivity index (χ0n) is 18.3. The van der Waals surface area contributed by atoms with Crippen LogP contribution in [0.1, 0.15) is 46.5 Å². The Morgan fingerprint density at radius 3 is 2.30 bits per heavy atom. The van der Waals surface area contributed by atoms with Crippen molar-refractivity contribution in [3.05, 3.63) is 36.7 Å². The highest BCUT2D eigenvalue weighted by Gasteiger charge is 2.39. The van der Waals surface area contributed by atoms with Crippen molar-refractivity contribution in [2.75, 3.05) is 24.5 Å². The van der Waals surface area contributed by atoms with E-state index in [1.165, 1.54) is 18.5 Å². The topological polar surface area (TPSA) is 69.8 Å². The highest BCUT2D eigenvalue weighted by atomic mass is 16.4. The molecule has 0 radical (unpaired) electrons. The van der Waals surface area contributed by atoms with E-state index < -0.39 is 6.09 Å². The van der Waals surface area contributed by atoms with Crippen molar-refractivity contribution >= 4 is 11.8 Å². The number of benzene rings is 1. The van der Waals surface area contributed by atoms with E-state index in [1.807, 2.05) is 0 Å². The zero-order chi connectivity index (χ0) is 21.3. The van der Waals surface area contributed by atoms with Crippen LogP contribution in [0, 0.1) is 17.3 Å². The normalized spacial score (nSPS) is 23.6. The lowest BCUT2D eigenvalue weighted by atomic mass is 9.71. The smallest absolute Gasteiger partial charge is 0.407 e. The monoisotopic (exact) mass is 411 g/mol. The van der Waals surface area contributed by atoms with Gasteiger partial charge in [-0.1, -0.05) is 20.8 Å². The van der Waals surface area contributed by atoms with Gasteiger partial charge < -0.3 is 19.3 Å². The summed E-state index contributed by atoms with van der Waals surface area (Å²) in [6.07, 6.45) is 6.84. The van der Waals surface area contributed by atoms with E-state index in [2.05, 4.69) is 54.9 Å². The Bertz CT molecular complexity index is 834. The first-order chi connectivity index (χ1) is 14.3. The van der Waals surface area contributed by atoms with Gasteiger partial charge in [0, 0.05) is 36.9 Å². The highest BCUT2D eigenvalue weighted by molar-refractivity contribution is 5.65. The molecular weight excluding hydrogens is 378 g/mol. The van der Waals surface area contributed by atoms with E-state index in [9.17, 15) is 9.90 Å². The molecular formula is C24H33N3O3. The first-order valence-electron chi connectivity index (χ1n) is 11.1. The minimum Gasteiger partial charge on any atom is -0.465 e. The first-order valence-corrected chi connectivity index (χ1v) is 11.1. The first kappa shape index (κ1) is 20.8. The predicted molar refractivity (Wildman–Crippen MR) is 118 cm³/mol. The number of likely N-dealkylation sites (tertiary alicyclic amines) is 1. The molecule has 4 rings (SSSR count). The Hall–Kier alpha value is -2.50. The van der Waals surface area contributed by atoms with E-state index >= 15 is 0 Å². The van der Waals surface area contributed by atoms with Crippen molar-refractivity contribution < 1.29 is 14.3 Å². The molecule has 1 aromatic heterocycles. The van der Waals surface area contributed by atoms with Gasteiger partial charge in [0.05, 0.1) is 6.20 Å². The summed E-state index contributed by atoms with van der Waals surface area (Å²) >= 11 is 0. The van der Waals surface area contributed by atoms with Crippen LogP contribution < -0.4 is 4.90 Å². The summed E-state index contributed by atoms with van der Waals surface area (Å²) in [5.74, 6) is 1.97. The standard InChI is InChI=1S/C24H33N3O3/c1-24(2,3)21-16-19(17-8-12-26(13-9-17)23(28)29)10-14-27(21)20-6-4-18(5-7-20)22-25-11-15-30-22/h4-7,11,15,17,19,21H,8-10,12-14,16H2,1-3H3,(H,28,29). The average Bonchev–Trinajstić information content (AvgIpc) is 3.28. The van der Waals surface area contributed by atoms with E-state index in [0.29, 0.717) is 36.9 Å². The summed E-state index contributed by atoms with van der Waals surface area (Å²) in [4.78, 5) is 19.6. The van der Waals surface area contributed by atoms with Gasteiger partial charge in [-0.2, -0.15) is 0 Å². The molecule has 6 heteroatoms. The number of oxazole rings is 1. The second-order valence-electron chi connectivity index (χ2n) is 9.85. The quantitative estimate of drug-likeness (QED) is 0.736. The van der Waals surface area contributed by atoms with Gasteiger partial charge in [-0.15, -0.1) is 0 Å². The molecule has 0 aliphatic carbocycles. The van der Waals surface area contributed by atoms with Crippen LogP contribution in [0.3, 0.4) is 0 Å². The van der Waals surface area contributed by atoms with Crippen molar-refractivity contribution in [1.29, 1.82) is 0 Å². The molecule has 1 N–H and O–H groups in total. The number of aromatic nitrogens is 1. The Morgan fingerprint density at radius 1 is 1.07 bits per heavy atom. The van der Waals surface area contributed by atoms with E-state index in [-0.39, 0.29) is 5.41 Å². The van der Waals surface area contributed by atoms with Gasteiger partial charge in [0.15, 0.2) is 0 Å². The van der Waals surface area contributed by atoms with E-state index in [1.54, 1.807) is 17.4 Å². The Morgan fingerprint density at radius 2 is 1.73 bits per heavy atom. The van der Waals surface area contributed by atoms with Crippen LogP contribution in [-0.2, 0) is 0 Å². The molecule has 162 valence electrons. The van der Waals surface area contributed by atoms with E-state index in [0.717, 1.165) is 24.9 Å². The molecule has 2 aliphatic heterocycles. The third-order valence-electron chi connectivity index (χ3n) is 7.00.